The smallest absolute Gasteiger partial charge is 0.0618 e. The largest absolute Gasteiger partial charge is 0.309 e. The quantitative estimate of drug-likeness (QED) is 0.183. The number of aromatic nitrogens is 2. The number of rotatable bonds is 3. The minimum atomic E-state index is 1.18. The average Bonchev–Trinajstić information content (AvgIpc) is 3.63. The van der Waals surface area contributed by atoms with Gasteiger partial charge in [0.2, 0.25) is 0 Å². The number of hydrogen-bond donors (Lipinski definition) is 0. The molecule has 10 rings (SSSR count). The summed E-state index contributed by atoms with van der Waals surface area (Å²) >= 11 is 0. The summed E-state index contributed by atoms with van der Waals surface area (Å²) in [7, 11) is 0. The highest BCUT2D eigenvalue weighted by Gasteiger charge is 2.22. The molecule has 0 amide bonds. The highest BCUT2D eigenvalue weighted by molar-refractivity contribution is 6.29. The van der Waals surface area contributed by atoms with Crippen molar-refractivity contribution >= 4 is 65.2 Å². The van der Waals surface area contributed by atoms with Crippen LogP contribution >= 0.6 is 0 Å². The predicted molar refractivity (Wildman–Crippen MR) is 196 cm³/mol. The van der Waals surface area contributed by atoms with Crippen molar-refractivity contribution in [3.63, 3.8) is 0 Å². The maximum atomic E-state index is 2.51. The molecule has 214 valence electrons. The van der Waals surface area contributed by atoms with Crippen molar-refractivity contribution in [2.75, 3.05) is 0 Å². The van der Waals surface area contributed by atoms with Crippen LogP contribution in [-0.2, 0) is 0 Å². The number of nitrogens with zero attached hydrogens (tertiary/aromatic N) is 2. The van der Waals surface area contributed by atoms with Gasteiger partial charge in [-0.05, 0) is 52.7 Å². The third-order valence-corrected chi connectivity index (χ3v) is 9.67. The second-order valence-electron chi connectivity index (χ2n) is 12.1. The van der Waals surface area contributed by atoms with Crippen molar-refractivity contribution in [1.29, 1.82) is 0 Å². The Bertz CT molecular complexity index is 2740. The van der Waals surface area contributed by atoms with Crippen molar-refractivity contribution in [2.45, 2.75) is 0 Å². The van der Waals surface area contributed by atoms with Crippen LogP contribution in [0.5, 0.6) is 0 Å². The molecule has 0 aliphatic rings. The highest BCUT2D eigenvalue weighted by atomic mass is 15.0. The van der Waals surface area contributed by atoms with Crippen molar-refractivity contribution in [1.82, 2.24) is 9.13 Å². The maximum absolute atomic E-state index is 2.51. The predicted octanol–water partition coefficient (Wildman–Crippen LogP) is 11.9. The van der Waals surface area contributed by atoms with E-state index in [1.807, 2.05) is 0 Å². The van der Waals surface area contributed by atoms with Crippen LogP contribution in [0, 0.1) is 0 Å². The molecule has 0 fully saturated rings. The molecule has 0 bridgehead atoms. The summed E-state index contributed by atoms with van der Waals surface area (Å²) in [6.07, 6.45) is 0. The zero-order valence-electron chi connectivity index (χ0n) is 25.1. The van der Waals surface area contributed by atoms with Crippen LogP contribution in [0.3, 0.4) is 0 Å². The molecule has 0 N–H and O–H groups in total. The van der Waals surface area contributed by atoms with Crippen molar-refractivity contribution in [2.24, 2.45) is 0 Å². The molecule has 0 spiro atoms. The second kappa shape index (κ2) is 9.69. The Balaban J connectivity index is 1.40. The molecule has 0 saturated carbocycles. The van der Waals surface area contributed by atoms with Crippen LogP contribution in [0.2, 0.25) is 0 Å². The van der Waals surface area contributed by atoms with Crippen LogP contribution in [-0.4, -0.2) is 9.13 Å². The number of hydrogen-bond acceptors (Lipinski definition) is 0. The van der Waals surface area contributed by atoms with Crippen molar-refractivity contribution in [3.05, 3.63) is 170 Å². The fraction of sp³-hybridized carbons (Fsp3) is 0. The summed E-state index contributed by atoms with van der Waals surface area (Å²) < 4.78 is 4.98. The Morgan fingerprint density at radius 3 is 1.46 bits per heavy atom. The Morgan fingerprint density at radius 2 is 0.804 bits per heavy atom. The fourth-order valence-corrected chi connectivity index (χ4v) is 7.78. The van der Waals surface area contributed by atoms with Gasteiger partial charge in [0.1, 0.15) is 0 Å². The Labute approximate surface area is 266 Å². The van der Waals surface area contributed by atoms with Crippen molar-refractivity contribution < 1.29 is 0 Å². The molecule has 46 heavy (non-hydrogen) atoms. The third-order valence-electron chi connectivity index (χ3n) is 9.67. The summed E-state index contributed by atoms with van der Waals surface area (Å²) in [4.78, 5) is 0. The number of benzene rings is 8. The number of para-hydroxylation sites is 3. The first-order chi connectivity index (χ1) is 22.9. The van der Waals surface area contributed by atoms with Crippen LogP contribution < -0.4 is 0 Å². The van der Waals surface area contributed by atoms with Gasteiger partial charge in [-0.25, -0.2) is 0 Å². The summed E-state index contributed by atoms with van der Waals surface area (Å²) in [6.45, 7) is 0. The van der Waals surface area contributed by atoms with Gasteiger partial charge in [-0.15, -0.1) is 0 Å². The van der Waals surface area contributed by atoms with Gasteiger partial charge in [0.25, 0.3) is 0 Å². The van der Waals surface area contributed by atoms with Gasteiger partial charge in [0, 0.05) is 37.9 Å². The van der Waals surface area contributed by atoms with E-state index >= 15 is 0 Å². The molecular formula is C44H28N2. The first-order valence-electron chi connectivity index (χ1n) is 15.9. The van der Waals surface area contributed by atoms with E-state index in [-0.39, 0.29) is 0 Å². The van der Waals surface area contributed by atoms with E-state index in [0.29, 0.717) is 0 Å². The minimum Gasteiger partial charge on any atom is -0.309 e. The van der Waals surface area contributed by atoms with E-state index < -0.39 is 0 Å². The molecule has 0 saturated heterocycles. The van der Waals surface area contributed by atoms with Crippen LogP contribution in [0.1, 0.15) is 0 Å². The summed E-state index contributed by atoms with van der Waals surface area (Å²) in [5, 5.41) is 10.1. The van der Waals surface area contributed by atoms with Gasteiger partial charge in [0.15, 0.2) is 0 Å². The molecule has 2 heteroatoms. The zero-order chi connectivity index (χ0) is 30.2. The second-order valence-corrected chi connectivity index (χ2v) is 12.1. The molecule has 0 unspecified atom stereocenters. The molecule has 0 radical (unpaired) electrons. The standard InChI is InChI=1S/C44H28N2/c1-2-14-29(15-3-1)32-18-8-11-23-37(32)45-38-24-12-9-21-35(38)42-40(45)26-27-41-43(42)36-22-10-13-25-39(36)46(41)44-33-19-6-4-16-30(33)28-31-17-5-7-20-34(31)44/h1-28H. The normalized spacial score (nSPS) is 11.9. The molecule has 0 aliphatic carbocycles. The lowest BCUT2D eigenvalue weighted by Crippen LogP contribution is -1.98. The summed E-state index contributed by atoms with van der Waals surface area (Å²) in [5.41, 5.74) is 9.70. The number of fused-ring (bicyclic) bond motifs is 9. The molecule has 2 aromatic heterocycles. The van der Waals surface area contributed by atoms with E-state index in [0.717, 1.165) is 0 Å². The van der Waals surface area contributed by atoms with E-state index in [9.17, 15) is 0 Å². The van der Waals surface area contributed by atoms with Gasteiger partial charge in [-0.2, -0.15) is 0 Å². The molecule has 2 nitrogen and oxygen atoms in total. The van der Waals surface area contributed by atoms with Crippen LogP contribution in [0.4, 0.5) is 0 Å². The Hall–Kier alpha value is -6.12. The summed E-state index contributed by atoms with van der Waals surface area (Å²) in [6, 6.07) is 61.9. The topological polar surface area (TPSA) is 9.86 Å². The van der Waals surface area contributed by atoms with Gasteiger partial charge in [-0.3, -0.25) is 0 Å². The molecule has 0 atom stereocenters. The van der Waals surface area contributed by atoms with Gasteiger partial charge in [0.05, 0.1) is 33.4 Å². The van der Waals surface area contributed by atoms with E-state index in [1.54, 1.807) is 0 Å². The minimum absolute atomic E-state index is 1.18. The molecule has 8 aromatic carbocycles. The SMILES string of the molecule is c1ccc(-c2ccccc2-n2c3ccccc3c3c4c5ccccc5n(-c5c6ccccc6cc6ccccc56)c4ccc32)cc1. The van der Waals surface area contributed by atoms with E-state index in [1.165, 1.54) is 87.7 Å². The van der Waals surface area contributed by atoms with Gasteiger partial charge in [-0.1, -0.05) is 133 Å². The zero-order valence-corrected chi connectivity index (χ0v) is 25.1. The first-order valence-corrected chi connectivity index (χ1v) is 15.9. The molecule has 2 heterocycles. The molecule has 0 aliphatic heterocycles. The lowest BCUT2D eigenvalue weighted by atomic mass is 10.0. The lowest BCUT2D eigenvalue weighted by molar-refractivity contribution is 1.18. The first kappa shape index (κ1) is 25.2. The third kappa shape index (κ3) is 3.47. The molecular weight excluding hydrogens is 556 g/mol. The monoisotopic (exact) mass is 584 g/mol. The van der Waals surface area contributed by atoms with Crippen LogP contribution in [0.25, 0.3) is 87.7 Å². The van der Waals surface area contributed by atoms with Gasteiger partial charge < -0.3 is 9.13 Å². The Morgan fingerprint density at radius 1 is 0.326 bits per heavy atom. The highest BCUT2D eigenvalue weighted by Crippen LogP contribution is 2.45. The lowest BCUT2D eigenvalue weighted by Gasteiger charge is -2.16. The summed E-state index contributed by atoms with van der Waals surface area (Å²) in [5.74, 6) is 0. The van der Waals surface area contributed by atoms with E-state index in [2.05, 4.69) is 179 Å². The van der Waals surface area contributed by atoms with Crippen LogP contribution in [0.15, 0.2) is 170 Å². The van der Waals surface area contributed by atoms with Crippen molar-refractivity contribution in [3.8, 4) is 22.5 Å². The Kier molecular flexibility index (Phi) is 5.31. The average molecular weight is 585 g/mol. The van der Waals surface area contributed by atoms with E-state index in [4.69, 9.17) is 0 Å². The van der Waals surface area contributed by atoms with Gasteiger partial charge >= 0.3 is 0 Å². The maximum Gasteiger partial charge on any atom is 0.0618 e. The molecule has 10 aromatic rings. The fourth-order valence-electron chi connectivity index (χ4n) is 7.78.